The topological polar surface area (TPSA) is 59.5 Å². The van der Waals surface area contributed by atoms with E-state index >= 15 is 0 Å². The maximum absolute atomic E-state index is 6.23. The summed E-state index contributed by atoms with van der Waals surface area (Å²) in [5, 5.41) is 4.49. The van der Waals surface area contributed by atoms with Gasteiger partial charge in [-0.3, -0.25) is 0 Å². The zero-order valence-corrected chi connectivity index (χ0v) is 9.98. The second kappa shape index (κ2) is 3.80. The number of anilines is 2. The molecule has 1 aliphatic rings. The molecule has 3 rings (SSSR count). The molecule has 0 bridgehead atoms. The largest absolute Gasteiger partial charge is 0.382 e. The number of halogens is 1. The van der Waals surface area contributed by atoms with E-state index in [0.717, 1.165) is 25.9 Å². The van der Waals surface area contributed by atoms with Crippen LogP contribution in [0.25, 0.3) is 5.65 Å². The summed E-state index contributed by atoms with van der Waals surface area (Å²) in [6.07, 6.45) is 3.83. The van der Waals surface area contributed by atoms with Gasteiger partial charge in [0.25, 0.3) is 0 Å². The van der Waals surface area contributed by atoms with Gasteiger partial charge < -0.3 is 10.6 Å². The summed E-state index contributed by atoms with van der Waals surface area (Å²) in [6.45, 7) is 1.91. The van der Waals surface area contributed by atoms with Gasteiger partial charge in [-0.2, -0.15) is 9.61 Å². The minimum Gasteiger partial charge on any atom is -0.382 e. The van der Waals surface area contributed by atoms with Crippen LogP contribution in [0.5, 0.6) is 0 Å². The highest BCUT2D eigenvalue weighted by Crippen LogP contribution is 2.31. The second-order valence-electron chi connectivity index (χ2n) is 4.16. The van der Waals surface area contributed by atoms with Crippen molar-refractivity contribution in [2.45, 2.75) is 12.8 Å². The highest BCUT2D eigenvalue weighted by molar-refractivity contribution is 6.37. The zero-order valence-electron chi connectivity index (χ0n) is 9.23. The van der Waals surface area contributed by atoms with E-state index < -0.39 is 0 Å². The molecule has 0 atom stereocenters. The smallest absolute Gasteiger partial charge is 0.153 e. The van der Waals surface area contributed by atoms with Crippen molar-refractivity contribution in [2.75, 3.05) is 23.7 Å². The lowest BCUT2D eigenvalue weighted by molar-refractivity contribution is 0.907. The lowest BCUT2D eigenvalue weighted by Gasteiger charge is -2.19. The first kappa shape index (κ1) is 10.7. The summed E-state index contributed by atoms with van der Waals surface area (Å²) >= 11 is 6.23. The van der Waals surface area contributed by atoms with Crippen LogP contribution in [0.2, 0.25) is 5.02 Å². The molecule has 2 radical (unpaired) electrons. The third kappa shape index (κ3) is 1.55. The first-order valence-electron chi connectivity index (χ1n) is 5.51. The first-order chi connectivity index (χ1) is 8.18. The summed E-state index contributed by atoms with van der Waals surface area (Å²) in [5.74, 6) is 1.09. The Bertz CT molecular complexity index is 576. The predicted octanol–water partition coefficient (Wildman–Crippen LogP) is 0.359. The van der Waals surface area contributed by atoms with Crippen LogP contribution in [0, 0.1) is 0 Å². The lowest BCUT2D eigenvalue weighted by atomic mass is 10.0. The van der Waals surface area contributed by atoms with Gasteiger partial charge in [-0.25, -0.2) is 4.98 Å². The van der Waals surface area contributed by atoms with E-state index in [0.29, 0.717) is 27.8 Å². The number of hydrogen-bond acceptors (Lipinski definition) is 4. The van der Waals surface area contributed by atoms with Crippen LogP contribution in [-0.4, -0.2) is 35.5 Å². The monoisotopic (exact) mass is 247 g/mol. The number of fused-ring (bicyclic) bond motifs is 1. The maximum atomic E-state index is 6.23. The second-order valence-corrected chi connectivity index (χ2v) is 4.54. The molecular formula is C10H11BClN5. The summed E-state index contributed by atoms with van der Waals surface area (Å²) in [7, 11) is 5.80. The van der Waals surface area contributed by atoms with Gasteiger partial charge in [0.1, 0.15) is 18.7 Å². The minimum atomic E-state index is 0.385. The molecule has 5 nitrogen and oxygen atoms in total. The Kier molecular flexibility index (Phi) is 2.40. The average molecular weight is 247 g/mol. The number of nitrogens with two attached hydrogens (primary N) is 1. The fraction of sp³-hybridized carbons (Fsp3) is 0.400. The molecule has 0 aromatic carbocycles. The third-order valence-corrected chi connectivity index (χ3v) is 3.40. The Morgan fingerprint density at radius 2 is 2.06 bits per heavy atom. The van der Waals surface area contributed by atoms with E-state index in [2.05, 4.69) is 15.0 Å². The Morgan fingerprint density at radius 3 is 2.76 bits per heavy atom. The average Bonchev–Trinajstić information content (AvgIpc) is 2.94. The van der Waals surface area contributed by atoms with Crippen molar-refractivity contribution in [1.82, 2.24) is 14.6 Å². The number of rotatable bonds is 1. The fourth-order valence-electron chi connectivity index (χ4n) is 2.14. The van der Waals surface area contributed by atoms with Gasteiger partial charge in [-0.1, -0.05) is 11.6 Å². The van der Waals surface area contributed by atoms with Crippen LogP contribution < -0.4 is 16.1 Å². The van der Waals surface area contributed by atoms with Gasteiger partial charge in [0.2, 0.25) is 0 Å². The summed E-state index contributed by atoms with van der Waals surface area (Å²) in [4.78, 5) is 6.60. The molecule has 1 aliphatic heterocycles. The van der Waals surface area contributed by atoms with Crippen LogP contribution in [0.1, 0.15) is 12.8 Å². The van der Waals surface area contributed by atoms with E-state index in [1.165, 1.54) is 10.7 Å². The third-order valence-electron chi connectivity index (χ3n) is 3.04. The summed E-state index contributed by atoms with van der Waals surface area (Å²) in [6, 6.07) is 0. The molecule has 2 N–H and O–H groups in total. The number of hydrogen-bond donors (Lipinski definition) is 1. The molecule has 17 heavy (non-hydrogen) atoms. The van der Waals surface area contributed by atoms with E-state index in [4.69, 9.17) is 25.2 Å². The summed E-state index contributed by atoms with van der Waals surface area (Å²) < 4.78 is 1.47. The SMILES string of the molecule is [B]c1cnn2c(N)c(Cl)c(N3CCCC3)nc12. The molecule has 86 valence electrons. The molecule has 7 heteroatoms. The first-order valence-corrected chi connectivity index (χ1v) is 5.89. The Morgan fingerprint density at radius 1 is 1.35 bits per heavy atom. The lowest BCUT2D eigenvalue weighted by Crippen LogP contribution is -2.21. The highest BCUT2D eigenvalue weighted by atomic mass is 35.5. The van der Waals surface area contributed by atoms with Crippen LogP contribution >= 0.6 is 11.6 Å². The summed E-state index contributed by atoms with van der Waals surface area (Å²) in [5.41, 5.74) is 7.02. The van der Waals surface area contributed by atoms with Gasteiger partial charge in [0, 0.05) is 19.3 Å². The van der Waals surface area contributed by atoms with Crippen LogP contribution in [0.4, 0.5) is 11.6 Å². The molecule has 0 aliphatic carbocycles. The molecule has 2 aromatic rings. The van der Waals surface area contributed by atoms with Gasteiger partial charge in [-0.05, 0) is 18.3 Å². The van der Waals surface area contributed by atoms with Gasteiger partial charge in [-0.15, -0.1) is 0 Å². The number of nitrogen functional groups attached to an aromatic ring is 1. The fourth-order valence-corrected chi connectivity index (χ4v) is 2.38. The molecule has 0 spiro atoms. The van der Waals surface area contributed by atoms with Crippen molar-refractivity contribution in [3.05, 3.63) is 11.2 Å². The van der Waals surface area contributed by atoms with Crippen molar-refractivity contribution in [3.8, 4) is 0 Å². The molecule has 0 unspecified atom stereocenters. The van der Waals surface area contributed by atoms with E-state index in [9.17, 15) is 0 Å². The molecule has 2 aromatic heterocycles. The van der Waals surface area contributed by atoms with Crippen molar-refractivity contribution in [2.24, 2.45) is 0 Å². The Balaban J connectivity index is 2.23. The van der Waals surface area contributed by atoms with Crippen molar-refractivity contribution < 1.29 is 0 Å². The molecular weight excluding hydrogens is 236 g/mol. The van der Waals surface area contributed by atoms with Crippen molar-refractivity contribution >= 4 is 42.2 Å². The van der Waals surface area contributed by atoms with Crippen LogP contribution in [0.3, 0.4) is 0 Å². The Labute approximate surface area is 105 Å². The van der Waals surface area contributed by atoms with Crippen LogP contribution in [-0.2, 0) is 0 Å². The number of nitrogens with zero attached hydrogens (tertiary/aromatic N) is 4. The minimum absolute atomic E-state index is 0.385. The zero-order chi connectivity index (χ0) is 12.0. The van der Waals surface area contributed by atoms with Crippen molar-refractivity contribution in [3.63, 3.8) is 0 Å². The molecule has 0 amide bonds. The maximum Gasteiger partial charge on any atom is 0.153 e. The normalized spacial score (nSPS) is 15.9. The quantitative estimate of drug-likeness (QED) is 0.739. The molecule has 1 saturated heterocycles. The van der Waals surface area contributed by atoms with Gasteiger partial charge in [0.05, 0.1) is 0 Å². The standard InChI is InChI=1S/C10H11BClN5/c11-6-5-14-17-8(13)7(12)10(15-9(6)17)16-3-1-2-4-16/h5H,1-4,13H2. The van der Waals surface area contributed by atoms with E-state index in [1.54, 1.807) is 0 Å². The molecule has 3 heterocycles. The van der Waals surface area contributed by atoms with Gasteiger partial charge >= 0.3 is 0 Å². The number of aromatic nitrogens is 3. The van der Waals surface area contributed by atoms with Crippen molar-refractivity contribution in [1.29, 1.82) is 0 Å². The molecule has 1 fully saturated rings. The highest BCUT2D eigenvalue weighted by Gasteiger charge is 2.21. The Hall–Kier alpha value is -1.43. The van der Waals surface area contributed by atoms with E-state index in [-0.39, 0.29) is 0 Å². The van der Waals surface area contributed by atoms with Crippen LogP contribution in [0.15, 0.2) is 6.20 Å². The van der Waals surface area contributed by atoms with E-state index in [1.807, 2.05) is 0 Å². The predicted molar refractivity (Wildman–Crippen MR) is 69.2 cm³/mol. The van der Waals surface area contributed by atoms with Gasteiger partial charge in [0.15, 0.2) is 11.5 Å². The molecule has 0 saturated carbocycles.